The standard InChI is InChI=1S/C21H23N3O3/c1-12-6-7-16-14(8-12)17-9-13(2)23-24(17)21(22-16)15-10-19(26-4)20(27-5)11-18(15)25-3/h6-11,21-22H,1-5H3/t21-/m1/s1. The molecule has 3 aromatic rings. The van der Waals surface area contributed by atoms with Crippen molar-refractivity contribution < 1.29 is 14.2 Å². The zero-order valence-corrected chi connectivity index (χ0v) is 16.2. The molecule has 1 aliphatic heterocycles. The molecule has 6 heteroatoms. The second kappa shape index (κ2) is 6.54. The summed E-state index contributed by atoms with van der Waals surface area (Å²) in [5.74, 6) is 1.98. The van der Waals surface area contributed by atoms with E-state index in [1.54, 1.807) is 21.3 Å². The van der Waals surface area contributed by atoms with Gasteiger partial charge in [0.2, 0.25) is 0 Å². The third-order valence-electron chi connectivity index (χ3n) is 4.88. The predicted octanol–water partition coefficient (Wildman–Crippen LogP) is 4.17. The molecule has 1 atom stereocenters. The molecule has 0 saturated carbocycles. The van der Waals surface area contributed by atoms with Crippen molar-refractivity contribution >= 4 is 5.69 Å². The number of fused-ring (bicyclic) bond motifs is 3. The first-order valence-electron chi connectivity index (χ1n) is 8.79. The van der Waals surface area contributed by atoms with Crippen LogP contribution < -0.4 is 19.5 Å². The van der Waals surface area contributed by atoms with Gasteiger partial charge < -0.3 is 19.5 Å². The average molecular weight is 365 g/mol. The third kappa shape index (κ3) is 2.77. The first kappa shape index (κ1) is 17.3. The van der Waals surface area contributed by atoms with E-state index in [2.05, 4.69) is 36.5 Å². The number of nitrogens with one attached hydrogen (secondary N) is 1. The molecule has 1 aliphatic rings. The Morgan fingerprint density at radius 1 is 0.889 bits per heavy atom. The smallest absolute Gasteiger partial charge is 0.164 e. The molecule has 0 spiro atoms. The van der Waals surface area contributed by atoms with Crippen LogP contribution >= 0.6 is 0 Å². The molecule has 0 unspecified atom stereocenters. The minimum absolute atomic E-state index is 0.223. The molecule has 0 saturated heterocycles. The van der Waals surface area contributed by atoms with Crippen LogP contribution in [0.15, 0.2) is 36.4 Å². The molecule has 2 aromatic carbocycles. The number of aromatic nitrogens is 2. The van der Waals surface area contributed by atoms with Gasteiger partial charge in [-0.05, 0) is 38.1 Å². The highest BCUT2D eigenvalue weighted by atomic mass is 16.5. The highest BCUT2D eigenvalue weighted by Gasteiger charge is 2.29. The molecule has 1 N–H and O–H groups in total. The van der Waals surface area contributed by atoms with E-state index >= 15 is 0 Å². The minimum Gasteiger partial charge on any atom is -0.496 e. The van der Waals surface area contributed by atoms with E-state index < -0.39 is 0 Å². The quantitative estimate of drug-likeness (QED) is 0.752. The maximum Gasteiger partial charge on any atom is 0.164 e. The lowest BCUT2D eigenvalue weighted by atomic mass is 10.0. The maximum atomic E-state index is 5.65. The lowest BCUT2D eigenvalue weighted by Crippen LogP contribution is -2.26. The van der Waals surface area contributed by atoms with E-state index in [1.807, 2.05) is 23.7 Å². The largest absolute Gasteiger partial charge is 0.496 e. The third-order valence-corrected chi connectivity index (χ3v) is 4.88. The van der Waals surface area contributed by atoms with Crippen LogP contribution in [-0.2, 0) is 0 Å². The molecule has 4 rings (SSSR count). The van der Waals surface area contributed by atoms with Crippen molar-refractivity contribution in [3.63, 3.8) is 0 Å². The fourth-order valence-corrected chi connectivity index (χ4v) is 3.59. The first-order chi connectivity index (χ1) is 13.0. The van der Waals surface area contributed by atoms with Crippen molar-refractivity contribution in [2.75, 3.05) is 26.6 Å². The Morgan fingerprint density at radius 3 is 2.30 bits per heavy atom. The molecule has 0 bridgehead atoms. The van der Waals surface area contributed by atoms with Gasteiger partial charge in [0.25, 0.3) is 0 Å². The topological polar surface area (TPSA) is 57.5 Å². The van der Waals surface area contributed by atoms with Crippen LogP contribution in [0.4, 0.5) is 5.69 Å². The van der Waals surface area contributed by atoms with Crippen LogP contribution in [0, 0.1) is 13.8 Å². The molecular formula is C21H23N3O3. The van der Waals surface area contributed by atoms with Crippen LogP contribution in [0.2, 0.25) is 0 Å². The lowest BCUT2D eigenvalue weighted by molar-refractivity contribution is 0.345. The fourth-order valence-electron chi connectivity index (χ4n) is 3.59. The van der Waals surface area contributed by atoms with Gasteiger partial charge in [0.1, 0.15) is 5.75 Å². The van der Waals surface area contributed by atoms with Gasteiger partial charge in [-0.25, -0.2) is 4.68 Å². The predicted molar refractivity (Wildman–Crippen MR) is 105 cm³/mol. The fraction of sp³-hybridized carbons (Fsp3) is 0.286. The summed E-state index contributed by atoms with van der Waals surface area (Å²) in [6, 6.07) is 12.3. The molecule has 0 fully saturated rings. The summed E-state index contributed by atoms with van der Waals surface area (Å²) in [5.41, 5.74) is 6.38. The van der Waals surface area contributed by atoms with Crippen LogP contribution in [0.3, 0.4) is 0 Å². The molecule has 2 heterocycles. The van der Waals surface area contributed by atoms with E-state index in [9.17, 15) is 0 Å². The molecule has 1 aromatic heterocycles. The Hall–Kier alpha value is -3.15. The van der Waals surface area contributed by atoms with Crippen molar-refractivity contribution in [1.82, 2.24) is 9.78 Å². The molecule has 0 amide bonds. The van der Waals surface area contributed by atoms with Gasteiger partial charge in [-0.2, -0.15) is 5.10 Å². The monoisotopic (exact) mass is 365 g/mol. The van der Waals surface area contributed by atoms with Gasteiger partial charge in [0.05, 0.1) is 32.7 Å². The molecule has 0 radical (unpaired) electrons. The van der Waals surface area contributed by atoms with E-state index in [-0.39, 0.29) is 6.17 Å². The van der Waals surface area contributed by atoms with Crippen LogP contribution in [0.5, 0.6) is 17.2 Å². The Labute approximate surface area is 158 Å². The summed E-state index contributed by atoms with van der Waals surface area (Å²) < 4.78 is 18.6. The number of nitrogens with zero attached hydrogens (tertiary/aromatic N) is 2. The highest BCUT2D eigenvalue weighted by molar-refractivity contribution is 5.79. The van der Waals surface area contributed by atoms with Gasteiger partial charge >= 0.3 is 0 Å². The SMILES string of the molecule is COc1cc(OC)c([C@@H]2Nc3ccc(C)cc3-c3cc(C)nn32)cc1OC. The average Bonchev–Trinajstić information content (AvgIpc) is 3.08. The second-order valence-electron chi connectivity index (χ2n) is 6.66. The normalized spacial score (nSPS) is 14.8. The van der Waals surface area contributed by atoms with E-state index in [0.717, 1.165) is 28.2 Å². The summed E-state index contributed by atoms with van der Waals surface area (Å²) in [7, 11) is 4.90. The van der Waals surface area contributed by atoms with Crippen molar-refractivity contribution in [1.29, 1.82) is 0 Å². The van der Waals surface area contributed by atoms with Gasteiger partial charge in [-0.3, -0.25) is 0 Å². The Bertz CT molecular complexity index is 1010. The number of hydrogen-bond acceptors (Lipinski definition) is 5. The van der Waals surface area contributed by atoms with Gasteiger partial charge in [-0.1, -0.05) is 11.6 Å². The van der Waals surface area contributed by atoms with Gasteiger partial charge in [-0.15, -0.1) is 0 Å². The number of ether oxygens (including phenoxy) is 3. The van der Waals surface area contributed by atoms with Crippen LogP contribution in [0.25, 0.3) is 11.3 Å². The number of rotatable bonds is 4. The minimum atomic E-state index is -0.223. The molecule has 140 valence electrons. The van der Waals surface area contributed by atoms with Crippen molar-refractivity contribution in [2.24, 2.45) is 0 Å². The maximum absolute atomic E-state index is 5.65. The van der Waals surface area contributed by atoms with Gasteiger partial charge in [0.15, 0.2) is 17.7 Å². The molecule has 6 nitrogen and oxygen atoms in total. The zero-order chi connectivity index (χ0) is 19.1. The number of anilines is 1. The summed E-state index contributed by atoms with van der Waals surface area (Å²) in [4.78, 5) is 0. The number of hydrogen-bond donors (Lipinski definition) is 1. The molecule has 27 heavy (non-hydrogen) atoms. The van der Waals surface area contributed by atoms with E-state index in [0.29, 0.717) is 17.2 Å². The summed E-state index contributed by atoms with van der Waals surface area (Å²) in [6.45, 7) is 4.10. The lowest BCUT2D eigenvalue weighted by Gasteiger charge is -2.30. The van der Waals surface area contributed by atoms with Crippen LogP contribution in [-0.4, -0.2) is 31.1 Å². The number of methoxy groups -OCH3 is 3. The highest BCUT2D eigenvalue weighted by Crippen LogP contribution is 2.44. The van der Waals surface area contributed by atoms with Crippen LogP contribution in [0.1, 0.15) is 23.0 Å². The van der Waals surface area contributed by atoms with Gasteiger partial charge in [0, 0.05) is 22.9 Å². The Balaban J connectivity index is 1.92. The van der Waals surface area contributed by atoms with Crippen molar-refractivity contribution in [2.45, 2.75) is 20.0 Å². The summed E-state index contributed by atoms with van der Waals surface area (Å²) in [6.07, 6.45) is -0.223. The first-order valence-corrected chi connectivity index (χ1v) is 8.79. The Kier molecular flexibility index (Phi) is 4.18. The van der Waals surface area contributed by atoms with Crippen molar-refractivity contribution in [3.8, 4) is 28.5 Å². The summed E-state index contributed by atoms with van der Waals surface area (Å²) in [5, 5.41) is 8.34. The summed E-state index contributed by atoms with van der Waals surface area (Å²) >= 11 is 0. The molecule has 0 aliphatic carbocycles. The number of benzene rings is 2. The number of aryl methyl sites for hydroxylation is 2. The second-order valence-corrected chi connectivity index (χ2v) is 6.66. The Morgan fingerprint density at radius 2 is 1.59 bits per heavy atom. The molecular weight excluding hydrogens is 342 g/mol. The van der Waals surface area contributed by atoms with E-state index in [1.165, 1.54) is 5.56 Å². The van der Waals surface area contributed by atoms with E-state index in [4.69, 9.17) is 19.3 Å². The van der Waals surface area contributed by atoms with Crippen molar-refractivity contribution in [3.05, 3.63) is 53.2 Å². The zero-order valence-electron chi connectivity index (χ0n) is 16.2.